The van der Waals surface area contributed by atoms with Gasteiger partial charge in [0.25, 0.3) is 0 Å². The normalized spacial score (nSPS) is 21.1. The van der Waals surface area contributed by atoms with Gasteiger partial charge in [-0.3, -0.25) is 14.5 Å². The minimum absolute atomic E-state index is 0.0341. The van der Waals surface area contributed by atoms with Gasteiger partial charge in [0.1, 0.15) is 11.1 Å². The number of Topliss-reactive ketones (excluding diaryl/α,β-unsaturated/α-hetero) is 1. The number of amides is 1. The summed E-state index contributed by atoms with van der Waals surface area (Å²) >= 11 is 1.43. The first-order valence-electron chi connectivity index (χ1n) is 11.6. The van der Waals surface area contributed by atoms with Crippen LogP contribution in [0.2, 0.25) is 0 Å². The van der Waals surface area contributed by atoms with Gasteiger partial charge in [0.05, 0.1) is 11.1 Å². The molecule has 0 fully saturated rings. The highest BCUT2D eigenvalue weighted by Crippen LogP contribution is 2.49. The number of anilines is 1. The zero-order valence-electron chi connectivity index (χ0n) is 18.5. The van der Waals surface area contributed by atoms with Crippen LogP contribution >= 0.6 is 11.3 Å². The monoisotopic (exact) mass is 484 g/mol. The molecule has 1 aromatic carbocycles. The molecule has 0 bridgehead atoms. The van der Waals surface area contributed by atoms with Crippen molar-refractivity contribution < 1.29 is 22.8 Å². The Kier molecular flexibility index (Phi) is 5.85. The van der Waals surface area contributed by atoms with Crippen LogP contribution in [0.5, 0.6) is 0 Å². The van der Waals surface area contributed by atoms with E-state index in [4.69, 9.17) is 0 Å². The molecule has 1 atom stereocenters. The van der Waals surface area contributed by atoms with Gasteiger partial charge < -0.3 is 0 Å². The van der Waals surface area contributed by atoms with Gasteiger partial charge in [-0.1, -0.05) is 24.6 Å². The van der Waals surface area contributed by atoms with E-state index in [1.807, 2.05) is 0 Å². The second kappa shape index (κ2) is 8.70. The van der Waals surface area contributed by atoms with Crippen LogP contribution in [0.25, 0.3) is 0 Å². The molecule has 1 aromatic heterocycles. The van der Waals surface area contributed by atoms with Crippen molar-refractivity contribution in [2.24, 2.45) is 0 Å². The molecule has 1 amide bonds. The number of carbonyl (C=O) groups excluding carboxylic acids is 2. The van der Waals surface area contributed by atoms with Crippen LogP contribution in [0, 0.1) is 11.3 Å². The van der Waals surface area contributed by atoms with Crippen molar-refractivity contribution in [3.63, 3.8) is 0 Å². The molecule has 4 nitrogen and oxygen atoms in total. The standard InChI is InChI=1S/C26H23F3N2O2S/c27-26(28,29)19-9-5-4-7-15(19)17-13-23(33)31(20-10-6-11-21(32)24(17)20)25-18(14-30)16-8-2-1-3-12-22(16)34-25/h4-5,7,9,17H,1-3,6,8,10-13H2/t17-/m0/s1. The highest BCUT2D eigenvalue weighted by molar-refractivity contribution is 7.16. The quantitative estimate of drug-likeness (QED) is 0.461. The molecule has 1 aliphatic heterocycles. The molecule has 2 heterocycles. The van der Waals surface area contributed by atoms with Gasteiger partial charge >= 0.3 is 6.18 Å². The number of benzene rings is 1. The fourth-order valence-corrected chi connectivity index (χ4v) is 6.94. The summed E-state index contributed by atoms with van der Waals surface area (Å²) in [5.41, 5.74) is 1.40. The van der Waals surface area contributed by atoms with Gasteiger partial charge in [-0.15, -0.1) is 11.3 Å². The fourth-order valence-electron chi connectivity index (χ4n) is 5.55. The molecule has 176 valence electrons. The number of aryl methyl sites for hydroxylation is 1. The average Bonchev–Trinajstić information content (AvgIpc) is 2.98. The Morgan fingerprint density at radius 3 is 2.53 bits per heavy atom. The van der Waals surface area contributed by atoms with Gasteiger partial charge in [0, 0.05) is 34.9 Å². The Labute approximate surface area is 199 Å². The van der Waals surface area contributed by atoms with E-state index >= 15 is 0 Å². The zero-order chi connectivity index (χ0) is 24.0. The van der Waals surface area contributed by atoms with E-state index in [0.29, 0.717) is 34.7 Å². The number of nitrogens with zero attached hydrogens (tertiary/aromatic N) is 2. The summed E-state index contributed by atoms with van der Waals surface area (Å²) in [6.07, 6.45) is 1.11. The number of allylic oxidation sites excluding steroid dienone is 2. The first-order chi connectivity index (χ1) is 16.3. The third-order valence-electron chi connectivity index (χ3n) is 7.03. The number of nitriles is 1. The summed E-state index contributed by atoms with van der Waals surface area (Å²) in [5, 5.41) is 10.5. The van der Waals surface area contributed by atoms with E-state index in [0.717, 1.165) is 48.6 Å². The first-order valence-corrected chi connectivity index (χ1v) is 12.4. The van der Waals surface area contributed by atoms with E-state index < -0.39 is 17.7 Å². The maximum atomic E-state index is 13.8. The molecule has 34 heavy (non-hydrogen) atoms. The Balaban J connectivity index is 1.69. The van der Waals surface area contributed by atoms with Crippen LogP contribution in [0.1, 0.15) is 78.0 Å². The average molecular weight is 485 g/mol. The summed E-state index contributed by atoms with van der Waals surface area (Å²) in [7, 11) is 0. The van der Waals surface area contributed by atoms with Crippen LogP contribution in [-0.2, 0) is 28.6 Å². The molecule has 0 saturated carbocycles. The fraction of sp³-hybridized carbons (Fsp3) is 0.423. The molecule has 2 aromatic rings. The highest BCUT2D eigenvalue weighted by atomic mass is 32.1. The number of alkyl halides is 3. The summed E-state index contributed by atoms with van der Waals surface area (Å²) in [4.78, 5) is 29.3. The lowest BCUT2D eigenvalue weighted by Crippen LogP contribution is -2.41. The van der Waals surface area contributed by atoms with E-state index in [9.17, 15) is 28.0 Å². The minimum atomic E-state index is -4.59. The second-order valence-electron chi connectivity index (χ2n) is 9.06. The number of hydrogen-bond acceptors (Lipinski definition) is 4. The van der Waals surface area contributed by atoms with E-state index in [2.05, 4.69) is 6.07 Å². The van der Waals surface area contributed by atoms with E-state index in [1.165, 1.54) is 34.4 Å². The zero-order valence-corrected chi connectivity index (χ0v) is 19.3. The van der Waals surface area contributed by atoms with E-state index in [1.54, 1.807) is 0 Å². The smallest absolute Gasteiger partial charge is 0.294 e. The van der Waals surface area contributed by atoms with Crippen LogP contribution in [-0.4, -0.2) is 11.7 Å². The summed E-state index contributed by atoms with van der Waals surface area (Å²) < 4.78 is 41.4. The van der Waals surface area contributed by atoms with Crippen molar-refractivity contribution in [3.8, 4) is 6.07 Å². The lowest BCUT2D eigenvalue weighted by atomic mass is 9.76. The Hall–Kier alpha value is -2.92. The molecule has 0 N–H and O–H groups in total. The van der Waals surface area contributed by atoms with Gasteiger partial charge in [0.15, 0.2) is 5.78 Å². The van der Waals surface area contributed by atoms with Gasteiger partial charge in [-0.2, -0.15) is 18.4 Å². The molecule has 0 spiro atoms. The van der Waals surface area contributed by atoms with Crippen molar-refractivity contribution in [1.82, 2.24) is 0 Å². The van der Waals surface area contributed by atoms with Crippen molar-refractivity contribution in [2.45, 2.75) is 69.9 Å². The maximum Gasteiger partial charge on any atom is 0.416 e. The first kappa shape index (κ1) is 22.9. The second-order valence-corrected chi connectivity index (χ2v) is 10.1. The predicted molar refractivity (Wildman–Crippen MR) is 122 cm³/mol. The summed E-state index contributed by atoms with van der Waals surface area (Å²) in [6.45, 7) is 0. The van der Waals surface area contributed by atoms with Gasteiger partial charge in [0.2, 0.25) is 5.91 Å². The lowest BCUT2D eigenvalue weighted by Gasteiger charge is -2.38. The van der Waals surface area contributed by atoms with Crippen LogP contribution < -0.4 is 4.90 Å². The SMILES string of the molecule is N#Cc1c(N2C(=O)C[C@@H](c3ccccc3C(F)(F)F)C3=C2CCCC3=O)sc2c1CCCCC2. The number of halogens is 3. The maximum absolute atomic E-state index is 13.8. The van der Waals surface area contributed by atoms with Crippen molar-refractivity contribution in [2.75, 3.05) is 4.90 Å². The molecule has 5 rings (SSSR count). The number of thiophene rings is 1. The molecule has 8 heteroatoms. The van der Waals surface area contributed by atoms with Crippen molar-refractivity contribution in [3.05, 3.63) is 62.7 Å². The molecular weight excluding hydrogens is 461 g/mol. The topological polar surface area (TPSA) is 61.2 Å². The van der Waals surface area contributed by atoms with Crippen LogP contribution in [0.3, 0.4) is 0 Å². The Morgan fingerprint density at radius 1 is 1.00 bits per heavy atom. The highest BCUT2D eigenvalue weighted by Gasteiger charge is 2.44. The van der Waals surface area contributed by atoms with Crippen LogP contribution in [0.4, 0.5) is 18.2 Å². The molecule has 0 unspecified atom stereocenters. The Bertz CT molecular complexity index is 1250. The number of fused-ring (bicyclic) bond motifs is 1. The molecule has 0 radical (unpaired) electrons. The van der Waals surface area contributed by atoms with Crippen molar-refractivity contribution >= 4 is 28.0 Å². The third kappa shape index (κ3) is 3.76. The Morgan fingerprint density at radius 2 is 1.76 bits per heavy atom. The summed E-state index contributed by atoms with van der Waals surface area (Å²) in [5.74, 6) is -1.51. The number of ketones is 1. The summed E-state index contributed by atoms with van der Waals surface area (Å²) in [6, 6.07) is 7.50. The van der Waals surface area contributed by atoms with Crippen molar-refractivity contribution in [1.29, 1.82) is 5.26 Å². The largest absolute Gasteiger partial charge is 0.416 e. The minimum Gasteiger partial charge on any atom is -0.294 e. The van der Waals surface area contributed by atoms with E-state index in [-0.39, 0.29) is 30.1 Å². The third-order valence-corrected chi connectivity index (χ3v) is 8.31. The predicted octanol–water partition coefficient (Wildman–Crippen LogP) is 6.44. The number of rotatable bonds is 2. The lowest BCUT2D eigenvalue weighted by molar-refractivity contribution is -0.138. The van der Waals surface area contributed by atoms with Gasteiger partial charge in [-0.05, 0) is 55.7 Å². The molecular formula is C26H23F3N2O2S. The number of carbonyl (C=O) groups is 2. The molecule has 0 saturated heterocycles. The number of hydrogen-bond donors (Lipinski definition) is 0. The molecule has 2 aliphatic carbocycles. The van der Waals surface area contributed by atoms with Gasteiger partial charge in [-0.25, -0.2) is 0 Å². The molecule has 3 aliphatic rings. The van der Waals surface area contributed by atoms with Crippen LogP contribution in [0.15, 0.2) is 35.5 Å².